The smallest absolute Gasteiger partial charge is 0.137 e. The molecule has 2 aromatic carbocycles. The minimum absolute atomic E-state index is 0.217. The van der Waals surface area contributed by atoms with Crippen LogP contribution in [0.3, 0.4) is 0 Å². The number of halogens is 2. The van der Waals surface area contributed by atoms with E-state index in [1.807, 2.05) is 6.07 Å². The van der Waals surface area contributed by atoms with E-state index in [9.17, 15) is 4.39 Å². The monoisotopic (exact) mass is 335 g/mol. The first-order chi connectivity index (χ1) is 9.58. The van der Waals surface area contributed by atoms with Crippen LogP contribution in [0.4, 0.5) is 4.39 Å². The van der Waals surface area contributed by atoms with Gasteiger partial charge in [-0.2, -0.15) is 0 Å². The van der Waals surface area contributed by atoms with Gasteiger partial charge in [0, 0.05) is 13.1 Å². The van der Waals surface area contributed by atoms with Crippen molar-refractivity contribution in [1.82, 2.24) is 5.32 Å². The van der Waals surface area contributed by atoms with Crippen molar-refractivity contribution in [3.8, 4) is 0 Å². The molecular weight excluding hydrogens is 317 g/mol. The molecule has 0 amide bonds. The van der Waals surface area contributed by atoms with Gasteiger partial charge in [0.15, 0.2) is 0 Å². The van der Waals surface area contributed by atoms with Gasteiger partial charge < -0.3 is 5.32 Å². The molecule has 0 saturated carbocycles. The second-order valence-electron chi connectivity index (χ2n) is 5.21. The van der Waals surface area contributed by atoms with Crippen molar-refractivity contribution in [2.45, 2.75) is 32.9 Å². The summed E-state index contributed by atoms with van der Waals surface area (Å²) >= 11 is 3.28. The third kappa shape index (κ3) is 3.90. The number of nitrogens with one attached hydrogen (secondary N) is 1. The lowest BCUT2D eigenvalue weighted by atomic mass is 10.0. The van der Waals surface area contributed by atoms with Crippen LogP contribution >= 0.6 is 15.9 Å². The summed E-state index contributed by atoms with van der Waals surface area (Å²) in [6, 6.07) is 13.7. The predicted molar refractivity (Wildman–Crippen MR) is 85.2 cm³/mol. The molecule has 0 atom stereocenters. The maximum Gasteiger partial charge on any atom is 0.137 e. The topological polar surface area (TPSA) is 12.0 Å². The molecule has 3 heteroatoms. The number of benzene rings is 2. The second-order valence-corrected chi connectivity index (χ2v) is 6.01. The fraction of sp³-hybridized carbons (Fsp3) is 0.294. The normalized spacial score (nSPS) is 11.1. The molecule has 0 saturated heterocycles. The van der Waals surface area contributed by atoms with Crippen molar-refractivity contribution in [2.24, 2.45) is 0 Å². The highest BCUT2D eigenvalue weighted by molar-refractivity contribution is 9.10. The average Bonchev–Trinajstić information content (AvgIpc) is 2.44. The molecule has 0 heterocycles. The summed E-state index contributed by atoms with van der Waals surface area (Å²) in [6.45, 7) is 5.80. The highest BCUT2D eigenvalue weighted by Gasteiger charge is 2.04. The van der Waals surface area contributed by atoms with Crippen molar-refractivity contribution < 1.29 is 4.39 Å². The van der Waals surface area contributed by atoms with Crippen LogP contribution < -0.4 is 5.32 Å². The van der Waals surface area contributed by atoms with E-state index in [0.717, 1.165) is 12.1 Å². The molecule has 0 aromatic heterocycles. The standard InChI is InChI=1S/C17H19BrFN/c1-12(2)14-8-6-13(7-9-14)10-20-11-15-4-3-5-16(19)17(15)18/h3-9,12,20H,10-11H2,1-2H3. The first-order valence-electron chi connectivity index (χ1n) is 6.80. The van der Waals surface area contributed by atoms with E-state index in [4.69, 9.17) is 0 Å². The van der Waals surface area contributed by atoms with E-state index < -0.39 is 0 Å². The Morgan fingerprint density at radius 1 is 1.05 bits per heavy atom. The molecule has 0 bridgehead atoms. The molecule has 2 aromatic rings. The zero-order chi connectivity index (χ0) is 14.5. The molecule has 0 radical (unpaired) electrons. The van der Waals surface area contributed by atoms with Crippen molar-refractivity contribution >= 4 is 15.9 Å². The summed E-state index contributed by atoms with van der Waals surface area (Å²) in [6.07, 6.45) is 0. The quantitative estimate of drug-likeness (QED) is 0.810. The SMILES string of the molecule is CC(C)c1ccc(CNCc2cccc(F)c2Br)cc1. The van der Waals surface area contributed by atoms with Crippen LogP contribution in [0.25, 0.3) is 0 Å². The van der Waals surface area contributed by atoms with Crippen LogP contribution in [0, 0.1) is 5.82 Å². The summed E-state index contributed by atoms with van der Waals surface area (Å²) in [4.78, 5) is 0. The minimum atomic E-state index is -0.217. The van der Waals surface area contributed by atoms with E-state index in [1.54, 1.807) is 6.07 Å². The molecule has 0 aliphatic carbocycles. The number of rotatable bonds is 5. The Morgan fingerprint density at radius 2 is 1.75 bits per heavy atom. The largest absolute Gasteiger partial charge is 0.309 e. The number of hydrogen-bond acceptors (Lipinski definition) is 1. The van der Waals surface area contributed by atoms with E-state index in [1.165, 1.54) is 17.2 Å². The van der Waals surface area contributed by atoms with Gasteiger partial charge in [-0.25, -0.2) is 4.39 Å². The Balaban J connectivity index is 1.91. The first-order valence-corrected chi connectivity index (χ1v) is 7.59. The van der Waals surface area contributed by atoms with Crippen molar-refractivity contribution in [1.29, 1.82) is 0 Å². The zero-order valence-electron chi connectivity index (χ0n) is 11.8. The highest BCUT2D eigenvalue weighted by Crippen LogP contribution is 2.20. The molecule has 0 aliphatic rings. The molecule has 0 unspecified atom stereocenters. The van der Waals surface area contributed by atoms with Gasteiger partial charge >= 0.3 is 0 Å². The van der Waals surface area contributed by atoms with Gasteiger partial charge in [-0.3, -0.25) is 0 Å². The number of hydrogen-bond donors (Lipinski definition) is 1. The summed E-state index contributed by atoms with van der Waals surface area (Å²) in [5, 5.41) is 3.34. The third-order valence-corrected chi connectivity index (χ3v) is 4.21. The van der Waals surface area contributed by atoms with Crippen LogP contribution in [-0.4, -0.2) is 0 Å². The highest BCUT2D eigenvalue weighted by atomic mass is 79.9. The predicted octanol–water partition coefficient (Wildman–Crippen LogP) is 5.00. The molecule has 1 N–H and O–H groups in total. The Labute approximate surface area is 128 Å². The molecular formula is C17H19BrFN. The lowest BCUT2D eigenvalue weighted by molar-refractivity contribution is 0.612. The molecule has 106 valence electrons. The molecule has 0 spiro atoms. The van der Waals surface area contributed by atoms with Gasteiger partial charge in [0.25, 0.3) is 0 Å². The van der Waals surface area contributed by atoms with E-state index in [2.05, 4.69) is 59.4 Å². The van der Waals surface area contributed by atoms with E-state index >= 15 is 0 Å². The summed E-state index contributed by atoms with van der Waals surface area (Å²) in [7, 11) is 0. The van der Waals surface area contributed by atoms with Crippen LogP contribution in [0.1, 0.15) is 36.5 Å². The van der Waals surface area contributed by atoms with E-state index in [-0.39, 0.29) is 5.82 Å². The summed E-state index contributed by atoms with van der Waals surface area (Å²) in [5.74, 6) is 0.339. The molecule has 2 rings (SSSR count). The molecule has 0 aliphatic heterocycles. The summed E-state index contributed by atoms with van der Waals surface area (Å²) < 4.78 is 13.9. The van der Waals surface area contributed by atoms with Gasteiger partial charge in [-0.05, 0) is 44.6 Å². The average molecular weight is 336 g/mol. The van der Waals surface area contributed by atoms with Gasteiger partial charge in [0.1, 0.15) is 5.82 Å². The lowest BCUT2D eigenvalue weighted by Crippen LogP contribution is -2.13. The zero-order valence-corrected chi connectivity index (χ0v) is 13.4. The Hall–Kier alpha value is -1.19. The van der Waals surface area contributed by atoms with Gasteiger partial charge in [0.05, 0.1) is 4.47 Å². The van der Waals surface area contributed by atoms with Crippen LogP contribution in [-0.2, 0) is 13.1 Å². The Kier molecular flexibility index (Phi) is 5.32. The Morgan fingerprint density at radius 3 is 2.40 bits per heavy atom. The molecule has 20 heavy (non-hydrogen) atoms. The van der Waals surface area contributed by atoms with Gasteiger partial charge in [0.2, 0.25) is 0 Å². The van der Waals surface area contributed by atoms with Crippen LogP contribution in [0.2, 0.25) is 0 Å². The lowest BCUT2D eigenvalue weighted by Gasteiger charge is -2.09. The fourth-order valence-corrected chi connectivity index (χ4v) is 2.45. The fourth-order valence-electron chi connectivity index (χ4n) is 2.05. The minimum Gasteiger partial charge on any atom is -0.309 e. The molecule has 0 fully saturated rings. The second kappa shape index (κ2) is 7.00. The van der Waals surface area contributed by atoms with Crippen LogP contribution in [0.15, 0.2) is 46.9 Å². The van der Waals surface area contributed by atoms with Crippen molar-refractivity contribution in [3.63, 3.8) is 0 Å². The van der Waals surface area contributed by atoms with Gasteiger partial charge in [-0.1, -0.05) is 50.2 Å². The van der Waals surface area contributed by atoms with E-state index in [0.29, 0.717) is 16.9 Å². The third-order valence-electron chi connectivity index (χ3n) is 3.32. The van der Waals surface area contributed by atoms with Crippen molar-refractivity contribution in [3.05, 3.63) is 69.4 Å². The van der Waals surface area contributed by atoms with Crippen molar-refractivity contribution in [2.75, 3.05) is 0 Å². The summed E-state index contributed by atoms with van der Waals surface area (Å²) in [5.41, 5.74) is 3.52. The Bertz CT molecular complexity index is 564. The maximum absolute atomic E-state index is 13.4. The molecule has 1 nitrogen and oxygen atoms in total. The maximum atomic E-state index is 13.4. The van der Waals surface area contributed by atoms with Crippen LogP contribution in [0.5, 0.6) is 0 Å². The van der Waals surface area contributed by atoms with Gasteiger partial charge in [-0.15, -0.1) is 0 Å². The first kappa shape index (κ1) is 15.2.